The molecule has 0 spiro atoms. The van der Waals surface area contributed by atoms with Crippen molar-refractivity contribution in [3.8, 4) is 11.5 Å². The Morgan fingerprint density at radius 3 is 2.53 bits per heavy atom. The monoisotopic (exact) mass is 263 g/mol. The molecule has 7 heteroatoms. The van der Waals surface area contributed by atoms with Crippen molar-refractivity contribution >= 4 is 11.4 Å². The number of ether oxygens (including phenoxy) is 2. The molecule has 0 aliphatic heterocycles. The van der Waals surface area contributed by atoms with Gasteiger partial charge in [0, 0.05) is 12.3 Å². The van der Waals surface area contributed by atoms with Gasteiger partial charge in [-0.1, -0.05) is 0 Å². The number of nitrogens with one attached hydrogen (secondary N) is 3. The van der Waals surface area contributed by atoms with Crippen LogP contribution in [0.2, 0.25) is 0 Å². The molecule has 0 saturated carbocycles. The third-order valence-electron chi connectivity index (χ3n) is 2.50. The Bertz CT molecular complexity index is 690. The topological polar surface area (TPSA) is 96.2 Å². The Morgan fingerprint density at radius 1 is 1.11 bits per heavy atom. The van der Waals surface area contributed by atoms with Gasteiger partial charge in [-0.05, 0) is 12.1 Å². The lowest BCUT2D eigenvalue weighted by atomic mass is 10.2. The van der Waals surface area contributed by atoms with Crippen molar-refractivity contribution in [1.29, 1.82) is 0 Å². The van der Waals surface area contributed by atoms with Gasteiger partial charge >= 0.3 is 5.69 Å². The Balaban J connectivity index is 2.41. The maximum Gasteiger partial charge on any atom is 0.325 e. The molecule has 7 nitrogen and oxygen atoms in total. The summed E-state index contributed by atoms with van der Waals surface area (Å²) in [5.41, 5.74) is -0.327. The van der Waals surface area contributed by atoms with Crippen LogP contribution >= 0.6 is 0 Å². The van der Waals surface area contributed by atoms with E-state index >= 15 is 0 Å². The van der Waals surface area contributed by atoms with Crippen LogP contribution in [-0.2, 0) is 0 Å². The number of H-pyrrole nitrogens is 2. The second-order valence-corrected chi connectivity index (χ2v) is 3.68. The second-order valence-electron chi connectivity index (χ2n) is 3.68. The minimum Gasteiger partial charge on any atom is -0.497 e. The minimum absolute atomic E-state index is 0.200. The molecule has 0 atom stereocenters. The van der Waals surface area contributed by atoms with Crippen LogP contribution in [0.4, 0.5) is 11.4 Å². The number of aromatic nitrogens is 2. The Kier molecular flexibility index (Phi) is 3.56. The van der Waals surface area contributed by atoms with Gasteiger partial charge in [0.2, 0.25) is 0 Å². The van der Waals surface area contributed by atoms with E-state index in [2.05, 4.69) is 15.3 Å². The lowest BCUT2D eigenvalue weighted by Crippen LogP contribution is -2.23. The summed E-state index contributed by atoms with van der Waals surface area (Å²) < 4.78 is 10.3. The van der Waals surface area contributed by atoms with E-state index in [9.17, 15) is 9.59 Å². The normalized spacial score (nSPS) is 10.0. The first-order valence-electron chi connectivity index (χ1n) is 5.45. The van der Waals surface area contributed by atoms with Crippen LogP contribution in [0.1, 0.15) is 0 Å². The SMILES string of the molecule is COc1ccc(OC)c(Nc2c[nH]c(=O)[nH]c2=O)c1. The van der Waals surface area contributed by atoms with Gasteiger partial charge in [-0.2, -0.15) is 0 Å². The zero-order valence-electron chi connectivity index (χ0n) is 10.4. The highest BCUT2D eigenvalue weighted by atomic mass is 16.5. The first-order valence-corrected chi connectivity index (χ1v) is 5.45. The molecular weight excluding hydrogens is 250 g/mol. The van der Waals surface area contributed by atoms with Crippen molar-refractivity contribution in [3.63, 3.8) is 0 Å². The lowest BCUT2D eigenvalue weighted by Gasteiger charge is -2.11. The quantitative estimate of drug-likeness (QED) is 0.759. The highest BCUT2D eigenvalue weighted by molar-refractivity contribution is 5.67. The highest BCUT2D eigenvalue weighted by Crippen LogP contribution is 2.30. The Labute approximate surface area is 108 Å². The fourth-order valence-electron chi connectivity index (χ4n) is 1.56. The van der Waals surface area contributed by atoms with Crippen LogP contribution in [0.25, 0.3) is 0 Å². The summed E-state index contributed by atoms with van der Waals surface area (Å²) >= 11 is 0. The van der Waals surface area contributed by atoms with E-state index in [1.54, 1.807) is 25.3 Å². The zero-order valence-corrected chi connectivity index (χ0v) is 10.4. The van der Waals surface area contributed by atoms with Crippen LogP contribution in [0, 0.1) is 0 Å². The molecule has 2 rings (SSSR count). The molecule has 0 bridgehead atoms. The zero-order chi connectivity index (χ0) is 13.8. The van der Waals surface area contributed by atoms with E-state index in [-0.39, 0.29) is 5.69 Å². The molecular formula is C12H13N3O4. The molecule has 0 radical (unpaired) electrons. The van der Waals surface area contributed by atoms with E-state index < -0.39 is 11.2 Å². The first-order chi connectivity index (χ1) is 9.13. The number of hydrogen-bond donors (Lipinski definition) is 3. The van der Waals surface area contributed by atoms with E-state index in [4.69, 9.17) is 9.47 Å². The number of benzene rings is 1. The number of methoxy groups -OCH3 is 2. The Hall–Kier alpha value is -2.70. The molecule has 0 aliphatic carbocycles. The molecule has 0 saturated heterocycles. The van der Waals surface area contributed by atoms with Crippen molar-refractivity contribution < 1.29 is 9.47 Å². The van der Waals surface area contributed by atoms with Gasteiger partial charge in [-0.25, -0.2) is 4.79 Å². The fraction of sp³-hybridized carbons (Fsp3) is 0.167. The molecule has 1 heterocycles. The molecule has 100 valence electrons. The van der Waals surface area contributed by atoms with Crippen LogP contribution < -0.4 is 26.0 Å². The molecule has 19 heavy (non-hydrogen) atoms. The number of rotatable bonds is 4. The number of aromatic amines is 2. The van der Waals surface area contributed by atoms with E-state index in [1.165, 1.54) is 13.3 Å². The molecule has 0 aliphatic rings. The minimum atomic E-state index is -0.562. The summed E-state index contributed by atoms with van der Waals surface area (Å²) in [6.07, 6.45) is 1.29. The second kappa shape index (κ2) is 5.30. The number of anilines is 2. The van der Waals surface area contributed by atoms with Crippen molar-refractivity contribution in [3.05, 3.63) is 45.2 Å². The molecule has 0 fully saturated rings. The average Bonchev–Trinajstić information content (AvgIpc) is 2.41. The summed E-state index contributed by atoms with van der Waals surface area (Å²) in [4.78, 5) is 27.0. The third-order valence-corrected chi connectivity index (χ3v) is 2.50. The third kappa shape index (κ3) is 2.76. The molecule has 2 aromatic rings. The predicted molar refractivity (Wildman–Crippen MR) is 70.5 cm³/mol. The van der Waals surface area contributed by atoms with Crippen molar-refractivity contribution in [2.75, 3.05) is 19.5 Å². The Morgan fingerprint density at radius 2 is 1.89 bits per heavy atom. The molecule has 1 aromatic heterocycles. The predicted octanol–water partition coefficient (Wildman–Crippen LogP) is 0.824. The average molecular weight is 263 g/mol. The van der Waals surface area contributed by atoms with Crippen LogP contribution in [-0.4, -0.2) is 24.2 Å². The fourth-order valence-corrected chi connectivity index (χ4v) is 1.56. The van der Waals surface area contributed by atoms with E-state index in [0.717, 1.165) is 0 Å². The van der Waals surface area contributed by atoms with Crippen LogP contribution in [0.5, 0.6) is 11.5 Å². The molecule has 0 unspecified atom stereocenters. The summed E-state index contributed by atoms with van der Waals surface area (Å²) in [6, 6.07) is 5.13. The maximum atomic E-state index is 11.6. The van der Waals surface area contributed by atoms with Gasteiger partial charge in [-0.15, -0.1) is 0 Å². The highest BCUT2D eigenvalue weighted by Gasteiger charge is 2.07. The molecule has 1 aromatic carbocycles. The van der Waals surface area contributed by atoms with Crippen LogP contribution in [0.3, 0.4) is 0 Å². The summed E-state index contributed by atoms with van der Waals surface area (Å²) in [5, 5.41) is 2.87. The van der Waals surface area contributed by atoms with Crippen LogP contribution in [0.15, 0.2) is 34.0 Å². The van der Waals surface area contributed by atoms with Crippen molar-refractivity contribution in [2.45, 2.75) is 0 Å². The van der Waals surface area contributed by atoms with Crippen molar-refractivity contribution in [1.82, 2.24) is 9.97 Å². The van der Waals surface area contributed by atoms with Gasteiger partial charge in [0.05, 0.1) is 19.9 Å². The maximum absolute atomic E-state index is 11.6. The van der Waals surface area contributed by atoms with Crippen molar-refractivity contribution in [2.24, 2.45) is 0 Å². The van der Waals surface area contributed by atoms with Gasteiger partial charge in [0.1, 0.15) is 17.2 Å². The van der Waals surface area contributed by atoms with Gasteiger partial charge in [0.25, 0.3) is 5.56 Å². The van der Waals surface area contributed by atoms with E-state index in [0.29, 0.717) is 17.2 Å². The van der Waals surface area contributed by atoms with Gasteiger partial charge in [-0.3, -0.25) is 9.78 Å². The summed E-state index contributed by atoms with van der Waals surface area (Å²) in [5.74, 6) is 1.16. The smallest absolute Gasteiger partial charge is 0.325 e. The molecule has 3 N–H and O–H groups in total. The largest absolute Gasteiger partial charge is 0.497 e. The molecule has 0 amide bonds. The van der Waals surface area contributed by atoms with Gasteiger partial charge < -0.3 is 19.8 Å². The van der Waals surface area contributed by atoms with E-state index in [1.807, 2.05) is 0 Å². The first kappa shape index (κ1) is 12.7. The van der Waals surface area contributed by atoms with Gasteiger partial charge in [0.15, 0.2) is 0 Å². The lowest BCUT2D eigenvalue weighted by molar-refractivity contribution is 0.405. The summed E-state index contributed by atoms with van der Waals surface area (Å²) in [6.45, 7) is 0. The summed E-state index contributed by atoms with van der Waals surface area (Å²) in [7, 11) is 3.06. The number of hydrogen-bond acceptors (Lipinski definition) is 5. The standard InChI is InChI=1S/C12H13N3O4/c1-18-7-3-4-10(19-2)8(5-7)14-9-6-13-12(17)15-11(9)16/h3-6,14H,1-2H3,(H2,13,15,16,17).